The van der Waals surface area contributed by atoms with Crippen molar-refractivity contribution in [2.45, 2.75) is 27.0 Å². The average molecular weight is 460 g/mol. The number of hydrogen-bond acceptors (Lipinski definition) is 6. The van der Waals surface area contributed by atoms with Gasteiger partial charge in [0.2, 0.25) is 0 Å². The Morgan fingerprint density at radius 2 is 2.07 bits per heavy atom. The summed E-state index contributed by atoms with van der Waals surface area (Å²) in [4.78, 5) is 14.4. The van der Waals surface area contributed by atoms with E-state index >= 15 is 0 Å². The summed E-state index contributed by atoms with van der Waals surface area (Å²) in [6.07, 6.45) is 2.93. The number of hydrogen-bond donors (Lipinski definition) is 3. The molecule has 1 aromatic heterocycles. The zero-order valence-electron chi connectivity index (χ0n) is 15.9. The number of nitrogens with one attached hydrogen (secondary N) is 1. The number of ether oxygens (including phenoxy) is 1. The van der Waals surface area contributed by atoms with Crippen LogP contribution < -0.4 is 10.1 Å². The van der Waals surface area contributed by atoms with Gasteiger partial charge < -0.3 is 25.3 Å². The zero-order chi connectivity index (χ0) is 19.5. The Labute approximate surface area is 173 Å². The van der Waals surface area contributed by atoms with E-state index in [0.717, 1.165) is 28.9 Å². The number of aliphatic hydroxyl groups excluding tert-OH is 2. The second kappa shape index (κ2) is 13.1. The Kier molecular flexibility index (Phi) is 12.1. The summed E-state index contributed by atoms with van der Waals surface area (Å²) >= 11 is 0. The minimum absolute atomic E-state index is 0. The average Bonchev–Trinajstić information content (AvgIpc) is 2.61. The van der Waals surface area contributed by atoms with E-state index in [1.165, 1.54) is 19.9 Å². The predicted molar refractivity (Wildman–Crippen MR) is 101 cm³/mol. The van der Waals surface area contributed by atoms with Crippen molar-refractivity contribution in [1.82, 2.24) is 10.3 Å². The fourth-order valence-electron chi connectivity index (χ4n) is 2.22. The van der Waals surface area contributed by atoms with Crippen LogP contribution in [-0.2, 0) is 37.4 Å². The van der Waals surface area contributed by atoms with Crippen LogP contribution in [0.25, 0.3) is 11.3 Å². The summed E-state index contributed by atoms with van der Waals surface area (Å²) in [6, 6.07) is 10.6. The molecule has 0 unspecified atom stereocenters. The number of aromatic nitrogens is 1. The Hall–Kier alpha value is -2.08. The molecule has 0 saturated heterocycles. The van der Waals surface area contributed by atoms with Gasteiger partial charge in [0, 0.05) is 50.7 Å². The molecule has 0 aliphatic rings. The van der Waals surface area contributed by atoms with Gasteiger partial charge in [-0.1, -0.05) is 17.7 Å². The summed E-state index contributed by atoms with van der Waals surface area (Å²) in [6.45, 7) is 3.56. The minimum atomic E-state index is -0.125. The van der Waals surface area contributed by atoms with Crippen molar-refractivity contribution >= 4 is 5.78 Å². The van der Waals surface area contributed by atoms with Crippen molar-refractivity contribution in [3.05, 3.63) is 59.5 Å². The maximum atomic E-state index is 10.0. The molecule has 149 valence electrons. The molecule has 3 N–H and O–H groups in total. The number of ketones is 1. The molecular formula is C20H25N2O4Rh-. The first kappa shape index (κ1) is 24.9. The maximum Gasteiger partial charge on any atom is 0.155 e. The van der Waals surface area contributed by atoms with Crippen LogP contribution in [0.5, 0.6) is 5.75 Å². The SMILES string of the molecule is CC(=O)/C=C(/C)O.CNCc1ccnc(-c2[c-]cc(OC)cc2CO)c1.[Rh]. The third-order valence-electron chi connectivity index (χ3n) is 3.28. The molecule has 0 bridgehead atoms. The number of rotatable bonds is 6. The summed E-state index contributed by atoms with van der Waals surface area (Å²) in [5.41, 5.74) is 3.51. The summed E-state index contributed by atoms with van der Waals surface area (Å²) in [7, 11) is 3.49. The first-order valence-electron chi connectivity index (χ1n) is 8.08. The molecule has 6 nitrogen and oxygen atoms in total. The van der Waals surface area contributed by atoms with E-state index in [9.17, 15) is 9.90 Å². The van der Waals surface area contributed by atoms with Gasteiger partial charge in [0.1, 0.15) is 0 Å². The Bertz CT molecular complexity index is 759. The van der Waals surface area contributed by atoms with Crippen LogP contribution in [0.15, 0.2) is 42.3 Å². The molecule has 1 aromatic carbocycles. The van der Waals surface area contributed by atoms with Crippen LogP contribution in [0.2, 0.25) is 0 Å². The van der Waals surface area contributed by atoms with Crippen molar-refractivity contribution in [2.24, 2.45) is 0 Å². The first-order chi connectivity index (χ1) is 12.4. The summed E-state index contributed by atoms with van der Waals surface area (Å²) < 4.78 is 5.14. The number of aliphatic hydroxyl groups is 2. The number of benzene rings is 1. The standard InChI is InChI=1S/C15H17N2O2.C5H8O2.Rh/c1-16-9-11-5-6-17-15(7-11)14-4-3-13(19-2)8-12(14)10-18;1-4(6)3-5(2)7;/h3,5-8,16,18H,9-10H2,1-2H3;3,6H,1-2H3;/q-1;;/b;4-3-;. The Morgan fingerprint density at radius 1 is 1.37 bits per heavy atom. The van der Waals surface area contributed by atoms with Gasteiger partial charge in [0.15, 0.2) is 5.78 Å². The monoisotopic (exact) mass is 460 g/mol. The topological polar surface area (TPSA) is 91.7 Å². The zero-order valence-corrected chi connectivity index (χ0v) is 17.5. The first-order valence-corrected chi connectivity index (χ1v) is 8.08. The Balaban J connectivity index is 0.000000728. The fraction of sp³-hybridized carbons (Fsp3) is 0.300. The molecule has 0 atom stereocenters. The van der Waals surface area contributed by atoms with Gasteiger partial charge in [-0.25, -0.2) is 0 Å². The van der Waals surface area contributed by atoms with Crippen LogP contribution in [0, 0.1) is 6.07 Å². The van der Waals surface area contributed by atoms with Gasteiger partial charge in [-0.2, -0.15) is 0 Å². The van der Waals surface area contributed by atoms with Crippen molar-refractivity contribution in [3.63, 3.8) is 0 Å². The van der Waals surface area contributed by atoms with Crippen LogP contribution in [0.3, 0.4) is 0 Å². The molecule has 1 heterocycles. The molecule has 0 amide bonds. The number of carbonyl (C=O) groups is 1. The van der Waals surface area contributed by atoms with Crippen LogP contribution in [0.4, 0.5) is 0 Å². The molecular weight excluding hydrogens is 435 g/mol. The largest absolute Gasteiger partial charge is 0.540 e. The fourth-order valence-corrected chi connectivity index (χ4v) is 2.22. The number of carbonyl (C=O) groups excluding carboxylic acids is 1. The van der Waals surface area contributed by atoms with Crippen LogP contribution in [-0.4, -0.2) is 35.1 Å². The van der Waals surface area contributed by atoms with Gasteiger partial charge in [-0.05, 0) is 38.2 Å². The third-order valence-corrected chi connectivity index (χ3v) is 3.28. The van der Waals surface area contributed by atoms with E-state index in [-0.39, 0.29) is 37.6 Å². The molecule has 0 fully saturated rings. The number of pyridine rings is 1. The van der Waals surface area contributed by atoms with Gasteiger partial charge in [-0.3, -0.25) is 4.79 Å². The smallest absolute Gasteiger partial charge is 0.155 e. The number of nitrogens with zero attached hydrogens (tertiary/aromatic N) is 1. The van der Waals surface area contributed by atoms with Gasteiger partial charge >= 0.3 is 0 Å². The molecule has 0 saturated carbocycles. The second-order valence-electron chi connectivity index (χ2n) is 5.57. The number of methoxy groups -OCH3 is 1. The summed E-state index contributed by atoms with van der Waals surface area (Å²) in [5, 5.41) is 20.9. The quantitative estimate of drug-likeness (QED) is 0.266. The van der Waals surface area contributed by atoms with E-state index in [4.69, 9.17) is 9.84 Å². The van der Waals surface area contributed by atoms with E-state index in [1.54, 1.807) is 25.4 Å². The minimum Gasteiger partial charge on any atom is -0.540 e. The summed E-state index contributed by atoms with van der Waals surface area (Å²) in [5.74, 6) is 0.617. The molecule has 1 radical (unpaired) electrons. The molecule has 2 aromatic rings. The van der Waals surface area contributed by atoms with Crippen molar-refractivity contribution in [2.75, 3.05) is 14.2 Å². The van der Waals surface area contributed by atoms with E-state index in [1.807, 2.05) is 19.2 Å². The molecule has 2 rings (SSSR count). The molecule has 0 aliphatic heterocycles. The third kappa shape index (κ3) is 8.91. The van der Waals surface area contributed by atoms with Crippen molar-refractivity contribution < 1.29 is 39.2 Å². The van der Waals surface area contributed by atoms with Gasteiger partial charge in [0.25, 0.3) is 0 Å². The second-order valence-corrected chi connectivity index (χ2v) is 5.57. The maximum absolute atomic E-state index is 10.0. The van der Waals surface area contributed by atoms with E-state index < -0.39 is 0 Å². The van der Waals surface area contributed by atoms with Gasteiger partial charge in [-0.15, -0.1) is 17.7 Å². The van der Waals surface area contributed by atoms with Gasteiger partial charge in [0.05, 0.1) is 12.9 Å². The predicted octanol–water partition coefficient (Wildman–Crippen LogP) is 2.80. The van der Waals surface area contributed by atoms with Crippen molar-refractivity contribution in [1.29, 1.82) is 0 Å². The normalized spacial score (nSPS) is 10.3. The van der Waals surface area contributed by atoms with Crippen molar-refractivity contribution in [3.8, 4) is 17.0 Å². The molecule has 27 heavy (non-hydrogen) atoms. The van der Waals surface area contributed by atoms with Crippen LogP contribution in [0.1, 0.15) is 25.0 Å². The van der Waals surface area contributed by atoms with E-state index in [2.05, 4.69) is 16.4 Å². The Morgan fingerprint density at radius 3 is 2.56 bits per heavy atom. The molecule has 7 heteroatoms. The molecule has 0 aliphatic carbocycles. The van der Waals surface area contributed by atoms with Crippen LogP contribution >= 0.6 is 0 Å². The van der Waals surface area contributed by atoms with E-state index in [0.29, 0.717) is 5.75 Å². The number of allylic oxidation sites excluding steroid dienone is 2. The molecule has 0 spiro atoms.